The number of nitrogens with one attached hydrogen (secondary N) is 1. The normalized spacial score (nSPS) is 12.2. The van der Waals surface area contributed by atoms with Crippen molar-refractivity contribution in [3.05, 3.63) is 53.7 Å². The molecule has 0 saturated carbocycles. The molecule has 9 nitrogen and oxygen atoms in total. The van der Waals surface area contributed by atoms with E-state index in [1.54, 1.807) is 31.5 Å². The predicted octanol–water partition coefficient (Wildman–Crippen LogP) is 3.14. The largest absolute Gasteiger partial charge is 0.488 e. The van der Waals surface area contributed by atoms with Crippen molar-refractivity contribution >= 4 is 32.2 Å². The maximum atomic E-state index is 12.6. The number of aliphatic hydroxyl groups is 1. The summed E-state index contributed by atoms with van der Waals surface area (Å²) in [5, 5.41) is 14.1. The summed E-state index contributed by atoms with van der Waals surface area (Å²) >= 11 is 1.28. The van der Waals surface area contributed by atoms with Gasteiger partial charge in [-0.2, -0.15) is 0 Å². The van der Waals surface area contributed by atoms with Gasteiger partial charge in [0.2, 0.25) is 0 Å². The second kappa shape index (κ2) is 9.86. The number of sulfone groups is 1. The summed E-state index contributed by atoms with van der Waals surface area (Å²) in [7, 11) is -3.42. The van der Waals surface area contributed by atoms with Crippen LogP contribution in [0.2, 0.25) is 0 Å². The minimum atomic E-state index is -3.42. The van der Waals surface area contributed by atoms with Crippen LogP contribution in [-0.4, -0.2) is 47.9 Å². The van der Waals surface area contributed by atoms with E-state index in [9.17, 15) is 18.3 Å². The quantitative estimate of drug-likeness (QED) is 0.495. The minimum Gasteiger partial charge on any atom is -0.488 e. The van der Waals surface area contributed by atoms with Crippen molar-refractivity contribution in [2.45, 2.75) is 25.0 Å². The number of aromatic nitrogens is 2. The molecule has 0 saturated heterocycles. The zero-order valence-electron chi connectivity index (χ0n) is 16.8. The summed E-state index contributed by atoms with van der Waals surface area (Å²) in [6, 6.07) is 7.43. The Labute approximate surface area is 183 Å². The fraction of sp³-hybridized carbons (Fsp3) is 0.250. The second-order valence-corrected chi connectivity index (χ2v) is 9.55. The Hall–Kier alpha value is -3.02. The molecule has 0 bridgehead atoms. The zero-order chi connectivity index (χ0) is 22.4. The number of carbonyl (C=O) groups is 1. The molecule has 11 heteroatoms. The molecule has 164 valence electrons. The van der Waals surface area contributed by atoms with Crippen LogP contribution < -0.4 is 14.8 Å². The molecule has 3 rings (SSSR count). The molecule has 1 unspecified atom stereocenters. The van der Waals surface area contributed by atoms with Crippen LogP contribution in [0.4, 0.5) is 5.13 Å². The third kappa shape index (κ3) is 6.00. The SMILES string of the molecule is CCS(=O)(=O)c1ccc(Oc2cc(OC(C)CO)cc(C(=O)Nc3nccs3)c2)cn1. The molecule has 2 aromatic heterocycles. The Morgan fingerprint density at radius 3 is 2.58 bits per heavy atom. The number of ether oxygens (including phenoxy) is 2. The molecule has 0 aliphatic carbocycles. The molecule has 2 heterocycles. The first-order valence-corrected chi connectivity index (χ1v) is 11.8. The van der Waals surface area contributed by atoms with Gasteiger partial charge in [0.25, 0.3) is 5.91 Å². The number of amides is 1. The summed E-state index contributed by atoms with van der Waals surface area (Å²) in [4.78, 5) is 20.6. The summed E-state index contributed by atoms with van der Waals surface area (Å²) in [6.45, 7) is 3.02. The molecule has 1 aromatic carbocycles. The van der Waals surface area contributed by atoms with E-state index in [1.165, 1.54) is 41.8 Å². The first-order valence-electron chi connectivity index (χ1n) is 9.31. The molecular formula is C20H21N3O6S2. The van der Waals surface area contributed by atoms with E-state index in [1.807, 2.05) is 0 Å². The maximum Gasteiger partial charge on any atom is 0.257 e. The molecule has 0 aliphatic heterocycles. The molecule has 0 fully saturated rings. The zero-order valence-corrected chi connectivity index (χ0v) is 18.4. The van der Waals surface area contributed by atoms with Gasteiger partial charge in [0.05, 0.1) is 18.6 Å². The van der Waals surface area contributed by atoms with E-state index in [4.69, 9.17) is 9.47 Å². The minimum absolute atomic E-state index is 0.0419. The molecule has 31 heavy (non-hydrogen) atoms. The summed E-state index contributed by atoms with van der Waals surface area (Å²) in [5.41, 5.74) is 0.256. The number of thiazole rings is 1. The third-order valence-corrected chi connectivity index (χ3v) is 6.36. The number of nitrogens with zero attached hydrogens (tertiary/aromatic N) is 2. The Morgan fingerprint density at radius 2 is 1.97 bits per heavy atom. The van der Waals surface area contributed by atoms with Gasteiger partial charge < -0.3 is 14.6 Å². The molecule has 0 aliphatic rings. The molecular weight excluding hydrogens is 442 g/mol. The highest BCUT2D eigenvalue weighted by Crippen LogP contribution is 2.29. The third-order valence-electron chi connectivity index (χ3n) is 4.03. The van der Waals surface area contributed by atoms with Crippen LogP contribution in [0.1, 0.15) is 24.2 Å². The Bertz CT molecular complexity index is 1130. The Balaban J connectivity index is 1.87. The Kier molecular flexibility index (Phi) is 7.21. The van der Waals surface area contributed by atoms with E-state index < -0.39 is 21.8 Å². The lowest BCUT2D eigenvalue weighted by molar-refractivity contribution is 0.102. The van der Waals surface area contributed by atoms with Crippen molar-refractivity contribution in [2.24, 2.45) is 0 Å². The lowest BCUT2D eigenvalue weighted by Crippen LogP contribution is -2.17. The van der Waals surface area contributed by atoms with Crippen LogP contribution in [0.25, 0.3) is 0 Å². The maximum absolute atomic E-state index is 12.6. The standard InChI is InChI=1S/C20H21N3O6S2/c1-3-31(26,27)18-5-4-15(11-22-18)29-17-9-14(8-16(10-17)28-13(2)12-24)19(25)23-20-21-6-7-30-20/h4-11,13,24H,3,12H2,1-2H3,(H,21,23,25). The number of rotatable bonds is 9. The molecule has 0 spiro atoms. The highest BCUT2D eigenvalue weighted by atomic mass is 32.2. The average Bonchev–Trinajstić information content (AvgIpc) is 3.27. The monoisotopic (exact) mass is 463 g/mol. The van der Waals surface area contributed by atoms with E-state index in [2.05, 4.69) is 15.3 Å². The molecule has 1 amide bonds. The number of pyridine rings is 1. The van der Waals surface area contributed by atoms with Gasteiger partial charge in [0.15, 0.2) is 20.0 Å². The number of anilines is 1. The van der Waals surface area contributed by atoms with Gasteiger partial charge >= 0.3 is 0 Å². The van der Waals surface area contributed by atoms with Gasteiger partial charge in [0, 0.05) is 23.2 Å². The lowest BCUT2D eigenvalue weighted by atomic mass is 10.2. The molecule has 1 atom stereocenters. The first kappa shape index (κ1) is 22.7. The number of aliphatic hydroxyl groups excluding tert-OH is 1. The number of hydrogen-bond acceptors (Lipinski definition) is 9. The van der Waals surface area contributed by atoms with Crippen LogP contribution in [0.3, 0.4) is 0 Å². The van der Waals surface area contributed by atoms with Gasteiger partial charge in [-0.1, -0.05) is 6.92 Å². The van der Waals surface area contributed by atoms with E-state index >= 15 is 0 Å². The van der Waals surface area contributed by atoms with Crippen molar-refractivity contribution < 1.29 is 27.8 Å². The van der Waals surface area contributed by atoms with E-state index in [0.717, 1.165) is 0 Å². The molecule has 3 aromatic rings. The first-order chi connectivity index (χ1) is 14.8. The van der Waals surface area contributed by atoms with Crippen molar-refractivity contribution in [3.8, 4) is 17.2 Å². The smallest absolute Gasteiger partial charge is 0.257 e. The van der Waals surface area contributed by atoms with Gasteiger partial charge in [-0.15, -0.1) is 11.3 Å². The Morgan fingerprint density at radius 1 is 1.19 bits per heavy atom. The van der Waals surface area contributed by atoms with Gasteiger partial charge in [-0.3, -0.25) is 10.1 Å². The molecule has 2 N–H and O–H groups in total. The fourth-order valence-electron chi connectivity index (χ4n) is 2.45. The van der Waals surface area contributed by atoms with Crippen LogP contribution in [0.5, 0.6) is 17.2 Å². The highest BCUT2D eigenvalue weighted by Gasteiger charge is 2.15. The van der Waals surface area contributed by atoms with Crippen LogP contribution in [0.15, 0.2) is 53.1 Å². The number of hydrogen-bond donors (Lipinski definition) is 2. The van der Waals surface area contributed by atoms with Crippen LogP contribution in [0, 0.1) is 0 Å². The fourth-order valence-corrected chi connectivity index (χ4v) is 3.76. The predicted molar refractivity (Wildman–Crippen MR) is 116 cm³/mol. The van der Waals surface area contributed by atoms with Gasteiger partial charge in [-0.05, 0) is 31.2 Å². The number of benzene rings is 1. The second-order valence-electron chi connectivity index (χ2n) is 6.43. The summed E-state index contributed by atoms with van der Waals surface area (Å²) in [5.74, 6) is 0.416. The van der Waals surface area contributed by atoms with Crippen LogP contribution >= 0.6 is 11.3 Å². The number of carbonyl (C=O) groups excluding carboxylic acids is 1. The van der Waals surface area contributed by atoms with E-state index in [0.29, 0.717) is 10.9 Å². The summed E-state index contributed by atoms with van der Waals surface area (Å²) in [6.07, 6.45) is 2.37. The highest BCUT2D eigenvalue weighted by molar-refractivity contribution is 7.91. The van der Waals surface area contributed by atoms with Gasteiger partial charge in [0.1, 0.15) is 23.4 Å². The van der Waals surface area contributed by atoms with Gasteiger partial charge in [-0.25, -0.2) is 18.4 Å². The van der Waals surface area contributed by atoms with Crippen molar-refractivity contribution in [2.75, 3.05) is 17.7 Å². The van der Waals surface area contributed by atoms with Crippen molar-refractivity contribution in [1.29, 1.82) is 0 Å². The average molecular weight is 464 g/mol. The molecule has 0 radical (unpaired) electrons. The van der Waals surface area contributed by atoms with E-state index in [-0.39, 0.29) is 34.4 Å². The summed E-state index contributed by atoms with van der Waals surface area (Å²) < 4.78 is 35.2. The van der Waals surface area contributed by atoms with Crippen molar-refractivity contribution in [1.82, 2.24) is 9.97 Å². The lowest BCUT2D eigenvalue weighted by Gasteiger charge is -2.15. The van der Waals surface area contributed by atoms with Crippen LogP contribution in [-0.2, 0) is 9.84 Å². The van der Waals surface area contributed by atoms with Crippen molar-refractivity contribution in [3.63, 3.8) is 0 Å². The topological polar surface area (TPSA) is 128 Å².